The van der Waals surface area contributed by atoms with Gasteiger partial charge in [0.2, 0.25) is 0 Å². The first-order valence-corrected chi connectivity index (χ1v) is 10.3. The molecular formula is C22H26ClFN2O6. The van der Waals surface area contributed by atoms with Crippen LogP contribution in [0.15, 0.2) is 42.5 Å². The van der Waals surface area contributed by atoms with Gasteiger partial charge in [-0.15, -0.1) is 0 Å². The molecule has 0 saturated heterocycles. The maximum Gasteiger partial charge on any atom is 0.258 e. The fourth-order valence-electron chi connectivity index (χ4n) is 2.59. The Morgan fingerprint density at radius 3 is 2.56 bits per heavy atom. The minimum absolute atomic E-state index is 0.0199. The number of hydrogen-bond acceptors (Lipinski definition) is 6. The second-order valence-electron chi connectivity index (χ2n) is 6.79. The molecule has 2 aromatic carbocycles. The van der Waals surface area contributed by atoms with Gasteiger partial charge in [-0.05, 0) is 24.6 Å². The van der Waals surface area contributed by atoms with Crippen LogP contribution in [0.25, 0.3) is 0 Å². The molecule has 0 aliphatic rings. The number of benzene rings is 2. The molecular weight excluding hydrogens is 443 g/mol. The molecule has 0 fully saturated rings. The number of nitrogens with one attached hydrogen (secondary N) is 2. The highest BCUT2D eigenvalue weighted by Gasteiger charge is 2.11. The Bertz CT molecular complexity index is 898. The van der Waals surface area contributed by atoms with E-state index in [1.165, 1.54) is 12.1 Å². The summed E-state index contributed by atoms with van der Waals surface area (Å²) in [4.78, 5) is 23.7. The van der Waals surface area contributed by atoms with Gasteiger partial charge < -0.3 is 30.0 Å². The van der Waals surface area contributed by atoms with Crippen molar-refractivity contribution in [3.63, 3.8) is 0 Å². The highest BCUT2D eigenvalue weighted by atomic mass is 35.5. The van der Waals surface area contributed by atoms with E-state index in [4.69, 9.17) is 25.8 Å². The van der Waals surface area contributed by atoms with Gasteiger partial charge in [0.05, 0.1) is 17.7 Å². The summed E-state index contributed by atoms with van der Waals surface area (Å²) in [6.45, 7) is 0.0490. The number of aliphatic hydroxyl groups excluding tert-OH is 1. The molecule has 1 atom stereocenters. The number of carbonyl (C=O) groups is 2. The van der Waals surface area contributed by atoms with Crippen LogP contribution < -0.4 is 20.1 Å². The van der Waals surface area contributed by atoms with Crippen molar-refractivity contribution in [1.29, 1.82) is 0 Å². The monoisotopic (exact) mass is 468 g/mol. The van der Waals surface area contributed by atoms with E-state index in [2.05, 4.69) is 10.6 Å². The number of aliphatic hydroxyl groups is 1. The lowest BCUT2D eigenvalue weighted by molar-refractivity contribution is -0.124. The Kier molecular flexibility index (Phi) is 10.7. The van der Waals surface area contributed by atoms with Crippen molar-refractivity contribution in [3.8, 4) is 11.5 Å². The summed E-state index contributed by atoms with van der Waals surface area (Å²) < 4.78 is 29.1. The standard InChI is InChI=1S/C22H26ClFN2O6/c1-30-12-15-4-2-3-5-20(15)32-14-21(28)25-9-8-16(27)11-26-22(29)13-31-17-6-7-18(23)19(24)10-17/h2-7,10,16,27H,8-9,11-14H2,1H3,(H,25,28)(H,26,29)/t16-/m0/s1. The number of ether oxygens (including phenoxy) is 3. The molecule has 0 aromatic heterocycles. The third kappa shape index (κ3) is 9.09. The number of methoxy groups -OCH3 is 1. The predicted molar refractivity (Wildman–Crippen MR) is 116 cm³/mol. The van der Waals surface area contributed by atoms with Gasteiger partial charge in [0.25, 0.3) is 11.8 Å². The van der Waals surface area contributed by atoms with E-state index in [9.17, 15) is 19.1 Å². The third-order valence-corrected chi connectivity index (χ3v) is 4.53. The van der Waals surface area contributed by atoms with E-state index in [1.807, 2.05) is 12.1 Å². The molecule has 2 aromatic rings. The summed E-state index contributed by atoms with van der Waals surface area (Å²) >= 11 is 5.58. The zero-order valence-corrected chi connectivity index (χ0v) is 18.4. The van der Waals surface area contributed by atoms with E-state index in [1.54, 1.807) is 19.2 Å². The summed E-state index contributed by atoms with van der Waals surface area (Å²) in [6.07, 6.45) is -0.634. The Morgan fingerprint density at radius 1 is 1.09 bits per heavy atom. The SMILES string of the molecule is COCc1ccccc1OCC(=O)NCC[C@H](O)CNC(=O)COc1ccc(Cl)c(F)c1. The number of hydrogen-bond donors (Lipinski definition) is 3. The predicted octanol–water partition coefficient (Wildman–Crippen LogP) is 2.07. The Morgan fingerprint density at radius 2 is 1.81 bits per heavy atom. The van der Waals surface area contributed by atoms with Gasteiger partial charge in [-0.3, -0.25) is 9.59 Å². The van der Waals surface area contributed by atoms with Crippen molar-refractivity contribution in [2.24, 2.45) is 0 Å². The minimum Gasteiger partial charge on any atom is -0.484 e. The molecule has 10 heteroatoms. The van der Waals surface area contributed by atoms with Crippen LogP contribution in [0.2, 0.25) is 5.02 Å². The Labute approximate surface area is 190 Å². The first-order chi connectivity index (χ1) is 15.4. The number of carbonyl (C=O) groups excluding carboxylic acids is 2. The van der Waals surface area contributed by atoms with E-state index in [-0.39, 0.29) is 49.4 Å². The van der Waals surface area contributed by atoms with Gasteiger partial charge in [-0.25, -0.2) is 4.39 Å². The number of rotatable bonds is 13. The second-order valence-corrected chi connectivity index (χ2v) is 7.20. The largest absolute Gasteiger partial charge is 0.484 e. The lowest BCUT2D eigenvalue weighted by Gasteiger charge is -2.14. The molecule has 3 N–H and O–H groups in total. The normalized spacial score (nSPS) is 11.5. The number of para-hydroxylation sites is 1. The molecule has 0 unspecified atom stereocenters. The van der Waals surface area contributed by atoms with Gasteiger partial charge in [-0.2, -0.15) is 0 Å². The van der Waals surface area contributed by atoms with Gasteiger partial charge in [0.1, 0.15) is 17.3 Å². The summed E-state index contributed by atoms with van der Waals surface area (Å²) in [5, 5.41) is 15.0. The molecule has 0 heterocycles. The maximum absolute atomic E-state index is 13.3. The second kappa shape index (κ2) is 13.5. The molecule has 0 aliphatic carbocycles. The van der Waals surface area contributed by atoms with E-state index >= 15 is 0 Å². The zero-order valence-electron chi connectivity index (χ0n) is 17.6. The molecule has 2 amide bonds. The molecule has 8 nitrogen and oxygen atoms in total. The summed E-state index contributed by atoms with van der Waals surface area (Å²) in [6, 6.07) is 11.1. The lowest BCUT2D eigenvalue weighted by Crippen LogP contribution is -2.37. The molecule has 174 valence electrons. The van der Waals surface area contributed by atoms with Crippen LogP contribution in [0, 0.1) is 5.82 Å². The first kappa shape index (κ1) is 25.4. The smallest absolute Gasteiger partial charge is 0.258 e. The minimum atomic E-state index is -0.865. The van der Waals surface area contributed by atoms with Gasteiger partial charge in [0, 0.05) is 31.8 Å². The summed E-state index contributed by atoms with van der Waals surface area (Å²) in [7, 11) is 1.57. The van der Waals surface area contributed by atoms with Crippen LogP contribution in [-0.2, 0) is 20.9 Å². The fraction of sp³-hybridized carbons (Fsp3) is 0.364. The Hall–Kier alpha value is -2.88. The summed E-state index contributed by atoms with van der Waals surface area (Å²) in [5.74, 6) is -0.733. The maximum atomic E-state index is 13.3. The van der Waals surface area contributed by atoms with Crippen LogP contribution in [0.5, 0.6) is 11.5 Å². The van der Waals surface area contributed by atoms with E-state index in [0.29, 0.717) is 12.4 Å². The molecule has 0 saturated carbocycles. The van der Waals surface area contributed by atoms with Crippen LogP contribution >= 0.6 is 11.6 Å². The highest BCUT2D eigenvalue weighted by molar-refractivity contribution is 6.30. The van der Waals surface area contributed by atoms with Crippen molar-refractivity contribution >= 4 is 23.4 Å². The average Bonchev–Trinajstić information content (AvgIpc) is 2.78. The van der Waals surface area contributed by atoms with Crippen molar-refractivity contribution in [1.82, 2.24) is 10.6 Å². The number of amides is 2. The topological polar surface area (TPSA) is 106 Å². The zero-order chi connectivity index (χ0) is 23.3. The fourth-order valence-corrected chi connectivity index (χ4v) is 2.71. The van der Waals surface area contributed by atoms with Crippen molar-refractivity contribution in [2.75, 3.05) is 33.4 Å². The quantitative estimate of drug-likeness (QED) is 0.415. The Balaban J connectivity index is 1.59. The van der Waals surface area contributed by atoms with Crippen molar-refractivity contribution in [2.45, 2.75) is 19.1 Å². The molecule has 0 aliphatic heterocycles. The van der Waals surface area contributed by atoms with Crippen LogP contribution in [0.1, 0.15) is 12.0 Å². The van der Waals surface area contributed by atoms with Crippen LogP contribution in [-0.4, -0.2) is 56.4 Å². The van der Waals surface area contributed by atoms with Crippen LogP contribution in [0.4, 0.5) is 4.39 Å². The van der Waals surface area contributed by atoms with Gasteiger partial charge in [-0.1, -0.05) is 29.8 Å². The molecule has 0 spiro atoms. The van der Waals surface area contributed by atoms with Crippen LogP contribution in [0.3, 0.4) is 0 Å². The van der Waals surface area contributed by atoms with Crippen molar-refractivity contribution < 1.29 is 33.3 Å². The molecule has 2 rings (SSSR count). The van der Waals surface area contributed by atoms with E-state index in [0.717, 1.165) is 11.6 Å². The van der Waals surface area contributed by atoms with E-state index < -0.39 is 17.8 Å². The van der Waals surface area contributed by atoms with Gasteiger partial charge in [0.15, 0.2) is 13.2 Å². The molecule has 0 bridgehead atoms. The number of halogens is 2. The highest BCUT2D eigenvalue weighted by Crippen LogP contribution is 2.20. The summed E-state index contributed by atoms with van der Waals surface area (Å²) in [5.41, 5.74) is 0.833. The van der Waals surface area contributed by atoms with Crippen molar-refractivity contribution in [3.05, 3.63) is 58.9 Å². The molecule has 32 heavy (non-hydrogen) atoms. The average molecular weight is 469 g/mol. The molecule has 0 radical (unpaired) electrons. The third-order valence-electron chi connectivity index (χ3n) is 4.23. The van der Waals surface area contributed by atoms with Gasteiger partial charge >= 0.3 is 0 Å². The lowest BCUT2D eigenvalue weighted by atomic mass is 10.2. The first-order valence-electron chi connectivity index (χ1n) is 9.88.